The fourth-order valence-corrected chi connectivity index (χ4v) is 8.10. The lowest BCUT2D eigenvalue weighted by Crippen LogP contribution is -2.58. The van der Waals surface area contributed by atoms with E-state index in [1.54, 1.807) is 9.80 Å². The zero-order valence-electron chi connectivity index (χ0n) is 25.5. The van der Waals surface area contributed by atoms with Gasteiger partial charge in [0.05, 0.1) is 18.0 Å². The Kier molecular flexibility index (Phi) is 9.80. The SMILES string of the molecule is O=C(NC(C(=O)N1CCC[C@H]1C(=O)N1CCO[C@H](c2ccccc2)C1)C1CCNCC1)c1cc2cc(C(F)(F)P(=O)(O)O)ccc2s1. The first-order valence-corrected chi connectivity index (χ1v) is 18.1. The van der Waals surface area contributed by atoms with Crippen LogP contribution >= 0.6 is 18.9 Å². The summed E-state index contributed by atoms with van der Waals surface area (Å²) in [6.07, 6.45) is 2.18. The topological polar surface area (TPSA) is 149 Å². The van der Waals surface area contributed by atoms with Gasteiger partial charge in [-0.1, -0.05) is 36.4 Å². The number of fused-ring (bicyclic) bond motifs is 1. The number of carbonyl (C=O) groups is 3. The van der Waals surface area contributed by atoms with E-state index in [-0.39, 0.29) is 34.1 Å². The van der Waals surface area contributed by atoms with E-state index in [0.29, 0.717) is 69.7 Å². The van der Waals surface area contributed by atoms with Crippen molar-refractivity contribution in [3.63, 3.8) is 0 Å². The van der Waals surface area contributed by atoms with Gasteiger partial charge in [-0.25, -0.2) is 0 Å². The van der Waals surface area contributed by atoms with Gasteiger partial charge in [0, 0.05) is 23.4 Å². The molecule has 11 nitrogen and oxygen atoms in total. The minimum atomic E-state index is -5.77. The second-order valence-electron chi connectivity index (χ2n) is 12.2. The lowest BCUT2D eigenvalue weighted by atomic mass is 9.89. The third kappa shape index (κ3) is 6.99. The number of carbonyl (C=O) groups excluding carboxylic acids is 3. The van der Waals surface area contributed by atoms with Crippen molar-refractivity contribution in [1.29, 1.82) is 0 Å². The molecule has 47 heavy (non-hydrogen) atoms. The van der Waals surface area contributed by atoms with Gasteiger partial charge in [-0.15, -0.1) is 11.3 Å². The maximum atomic E-state index is 14.4. The van der Waals surface area contributed by atoms with Crippen LogP contribution in [0.4, 0.5) is 8.78 Å². The van der Waals surface area contributed by atoms with E-state index in [4.69, 9.17) is 14.5 Å². The summed E-state index contributed by atoms with van der Waals surface area (Å²) in [5, 5.41) is 6.41. The summed E-state index contributed by atoms with van der Waals surface area (Å²) in [7, 11) is -5.77. The van der Waals surface area contributed by atoms with Crippen LogP contribution in [0.5, 0.6) is 0 Å². The van der Waals surface area contributed by atoms with Gasteiger partial charge in [0.2, 0.25) is 11.8 Å². The predicted octanol–water partition coefficient (Wildman–Crippen LogP) is 3.82. The fraction of sp³-hybridized carbons (Fsp3) is 0.469. The molecule has 2 aromatic carbocycles. The number of halogens is 2. The molecular weight excluding hydrogens is 653 g/mol. The average Bonchev–Trinajstić information content (AvgIpc) is 3.74. The molecule has 0 bridgehead atoms. The summed E-state index contributed by atoms with van der Waals surface area (Å²) in [6, 6.07) is 12.7. The van der Waals surface area contributed by atoms with Gasteiger partial charge in [-0.05, 0) is 73.8 Å². The number of alkyl halides is 2. The highest BCUT2D eigenvalue weighted by Crippen LogP contribution is 2.59. The number of ether oxygens (including phenoxy) is 1. The molecule has 0 radical (unpaired) electrons. The van der Waals surface area contributed by atoms with Crippen molar-refractivity contribution in [2.24, 2.45) is 5.92 Å². The Hall–Kier alpha value is -3.26. The number of likely N-dealkylation sites (tertiary alicyclic amines) is 1. The number of benzene rings is 2. The summed E-state index contributed by atoms with van der Waals surface area (Å²) < 4.78 is 46.5. The van der Waals surface area contributed by atoms with Crippen molar-refractivity contribution in [1.82, 2.24) is 20.4 Å². The van der Waals surface area contributed by atoms with Gasteiger partial charge in [-0.3, -0.25) is 18.9 Å². The third-order valence-electron chi connectivity index (χ3n) is 9.23. The molecule has 3 saturated heterocycles. The fourth-order valence-electron chi connectivity index (χ4n) is 6.68. The Balaban J connectivity index is 1.20. The van der Waals surface area contributed by atoms with E-state index in [9.17, 15) is 27.7 Å². The molecule has 1 unspecified atom stereocenters. The van der Waals surface area contributed by atoms with Gasteiger partial charge in [0.25, 0.3) is 5.91 Å². The minimum absolute atomic E-state index is 0.136. The number of rotatable bonds is 8. The second-order valence-corrected chi connectivity index (χ2v) is 15.0. The number of hydrogen-bond acceptors (Lipinski definition) is 7. The lowest BCUT2D eigenvalue weighted by Gasteiger charge is -2.38. The quantitative estimate of drug-likeness (QED) is 0.261. The number of nitrogens with zero attached hydrogens (tertiary/aromatic N) is 2. The van der Waals surface area contributed by atoms with Crippen LogP contribution in [0.15, 0.2) is 54.6 Å². The van der Waals surface area contributed by atoms with E-state index >= 15 is 0 Å². The van der Waals surface area contributed by atoms with E-state index in [1.807, 2.05) is 30.3 Å². The standard InChI is InChI=1S/C32H37F2N4O7PS/c33-32(34,46(42,43)44)23-8-9-26-22(17-23)18-27(47-26)29(39)36-28(21-10-12-35-13-11-21)31(41)38-14-4-7-24(38)30(40)37-15-16-45-25(19-37)20-5-2-1-3-6-20/h1-3,5-6,8-9,17-18,21,24-25,28,35H,4,7,10-16,19H2,(H,36,39)(H2,42,43,44)/t24-,25-,28?/m0/s1. The van der Waals surface area contributed by atoms with Crippen LogP contribution in [-0.4, -0.2) is 88.7 Å². The zero-order chi connectivity index (χ0) is 33.3. The lowest BCUT2D eigenvalue weighted by molar-refractivity contribution is -0.150. The van der Waals surface area contributed by atoms with Crippen molar-refractivity contribution in [3.05, 3.63) is 70.6 Å². The zero-order valence-corrected chi connectivity index (χ0v) is 27.2. The Labute approximate surface area is 274 Å². The van der Waals surface area contributed by atoms with Crippen molar-refractivity contribution < 1.29 is 42.3 Å². The van der Waals surface area contributed by atoms with Crippen LogP contribution in [0.1, 0.15) is 52.6 Å². The van der Waals surface area contributed by atoms with Gasteiger partial charge in [0.15, 0.2) is 0 Å². The first kappa shape index (κ1) is 33.6. The van der Waals surface area contributed by atoms with Crippen molar-refractivity contribution >= 4 is 46.7 Å². The molecule has 15 heteroatoms. The van der Waals surface area contributed by atoms with Crippen LogP contribution in [0.3, 0.4) is 0 Å². The summed E-state index contributed by atoms with van der Waals surface area (Å²) >= 11 is 1.03. The molecule has 4 N–H and O–H groups in total. The third-order valence-corrected chi connectivity index (χ3v) is 11.3. The highest BCUT2D eigenvalue weighted by atomic mass is 32.1. The molecule has 3 aliphatic heterocycles. The molecule has 3 amide bonds. The maximum Gasteiger partial charge on any atom is 0.399 e. The Morgan fingerprint density at radius 2 is 1.79 bits per heavy atom. The smallest absolute Gasteiger partial charge is 0.370 e. The average molecular weight is 691 g/mol. The van der Waals surface area contributed by atoms with Gasteiger partial charge in [0.1, 0.15) is 18.2 Å². The molecule has 0 saturated carbocycles. The van der Waals surface area contributed by atoms with Crippen molar-refractivity contribution in [2.45, 2.75) is 49.5 Å². The van der Waals surface area contributed by atoms with Crippen molar-refractivity contribution in [3.8, 4) is 0 Å². The number of hydrogen-bond donors (Lipinski definition) is 4. The Bertz CT molecular complexity index is 1680. The van der Waals surface area contributed by atoms with E-state index in [1.165, 1.54) is 12.1 Å². The molecule has 3 atom stereocenters. The van der Waals surface area contributed by atoms with Gasteiger partial charge in [-0.2, -0.15) is 8.78 Å². The summed E-state index contributed by atoms with van der Waals surface area (Å²) in [5.41, 5.74) is -4.26. The number of thiophene rings is 1. The van der Waals surface area contributed by atoms with E-state index < -0.39 is 36.8 Å². The highest BCUT2D eigenvalue weighted by Gasteiger charge is 2.50. The monoisotopic (exact) mass is 690 g/mol. The Morgan fingerprint density at radius 1 is 1.04 bits per heavy atom. The van der Waals surface area contributed by atoms with Crippen LogP contribution in [0, 0.1) is 5.92 Å². The Morgan fingerprint density at radius 3 is 2.51 bits per heavy atom. The van der Waals surface area contributed by atoms with Crippen molar-refractivity contribution in [2.75, 3.05) is 39.3 Å². The van der Waals surface area contributed by atoms with Crippen LogP contribution in [-0.2, 0) is 24.6 Å². The largest absolute Gasteiger partial charge is 0.399 e. The number of amides is 3. The van der Waals surface area contributed by atoms with Crippen LogP contribution < -0.4 is 10.6 Å². The highest BCUT2D eigenvalue weighted by molar-refractivity contribution is 7.52. The van der Waals surface area contributed by atoms with E-state index in [0.717, 1.165) is 29.0 Å². The molecule has 4 heterocycles. The second kappa shape index (κ2) is 13.7. The predicted molar refractivity (Wildman–Crippen MR) is 171 cm³/mol. The molecule has 3 fully saturated rings. The van der Waals surface area contributed by atoms with Crippen LogP contribution in [0.25, 0.3) is 10.1 Å². The van der Waals surface area contributed by atoms with E-state index in [2.05, 4.69) is 10.6 Å². The molecule has 0 spiro atoms. The molecule has 252 valence electrons. The van der Waals surface area contributed by atoms with Gasteiger partial charge >= 0.3 is 13.3 Å². The number of piperidine rings is 1. The summed E-state index contributed by atoms with van der Waals surface area (Å²) in [6.45, 7) is 2.90. The van der Waals surface area contributed by atoms with Gasteiger partial charge < -0.3 is 35.0 Å². The molecular formula is C32H37F2N4O7PS. The number of nitrogens with one attached hydrogen (secondary N) is 2. The molecule has 6 rings (SSSR count). The molecule has 3 aromatic rings. The van der Waals surface area contributed by atoms with Crippen LogP contribution in [0.2, 0.25) is 0 Å². The normalized spacial score (nSPS) is 22.0. The summed E-state index contributed by atoms with van der Waals surface area (Å²) in [4.78, 5) is 63.6. The first-order chi connectivity index (χ1) is 22.4. The molecule has 0 aliphatic carbocycles. The molecule has 3 aliphatic rings. The maximum absolute atomic E-state index is 14.4. The first-order valence-electron chi connectivity index (χ1n) is 15.7. The molecule has 1 aromatic heterocycles. The minimum Gasteiger partial charge on any atom is -0.370 e. The number of morpholine rings is 1. The summed E-state index contributed by atoms with van der Waals surface area (Å²) in [5.74, 6) is -1.20.